The SMILES string of the molecule is CS(=O)(=O)Nc1cc(NC(=O)C2(CN)CCOCC2)ccc1F. The van der Waals surface area contributed by atoms with E-state index in [4.69, 9.17) is 10.5 Å². The summed E-state index contributed by atoms with van der Waals surface area (Å²) in [4.78, 5) is 12.5. The fourth-order valence-electron chi connectivity index (χ4n) is 2.43. The van der Waals surface area contributed by atoms with Crippen molar-refractivity contribution >= 4 is 27.3 Å². The van der Waals surface area contributed by atoms with Crippen molar-refractivity contribution in [3.05, 3.63) is 24.0 Å². The van der Waals surface area contributed by atoms with Crippen molar-refractivity contribution in [2.24, 2.45) is 11.1 Å². The van der Waals surface area contributed by atoms with Crippen LogP contribution in [0.4, 0.5) is 15.8 Å². The number of sulfonamides is 1. The molecular formula is C14H20FN3O4S. The maximum atomic E-state index is 13.7. The van der Waals surface area contributed by atoms with Crippen LogP contribution in [0.2, 0.25) is 0 Å². The largest absolute Gasteiger partial charge is 0.381 e. The van der Waals surface area contributed by atoms with Crippen LogP contribution in [0.25, 0.3) is 0 Å². The van der Waals surface area contributed by atoms with Crippen molar-refractivity contribution in [1.29, 1.82) is 0 Å². The molecule has 0 radical (unpaired) electrons. The Morgan fingerprint density at radius 2 is 2.04 bits per heavy atom. The molecular weight excluding hydrogens is 325 g/mol. The Morgan fingerprint density at radius 1 is 1.39 bits per heavy atom. The van der Waals surface area contributed by atoms with Crippen LogP contribution in [0.1, 0.15) is 12.8 Å². The summed E-state index contributed by atoms with van der Waals surface area (Å²) in [6.07, 6.45) is 1.93. The van der Waals surface area contributed by atoms with Gasteiger partial charge in [-0.15, -0.1) is 0 Å². The lowest BCUT2D eigenvalue weighted by Gasteiger charge is -2.34. The highest BCUT2D eigenvalue weighted by molar-refractivity contribution is 7.92. The maximum absolute atomic E-state index is 13.7. The molecule has 0 aliphatic carbocycles. The van der Waals surface area contributed by atoms with E-state index in [2.05, 4.69) is 10.0 Å². The lowest BCUT2D eigenvalue weighted by atomic mass is 9.79. The molecule has 9 heteroatoms. The van der Waals surface area contributed by atoms with Gasteiger partial charge in [0, 0.05) is 25.4 Å². The van der Waals surface area contributed by atoms with Gasteiger partial charge in [0.25, 0.3) is 0 Å². The summed E-state index contributed by atoms with van der Waals surface area (Å²) >= 11 is 0. The van der Waals surface area contributed by atoms with Crippen molar-refractivity contribution in [3.63, 3.8) is 0 Å². The molecule has 0 atom stereocenters. The number of ether oxygens (including phenoxy) is 1. The number of hydrogen-bond acceptors (Lipinski definition) is 5. The summed E-state index contributed by atoms with van der Waals surface area (Å²) in [5.41, 5.74) is 5.11. The quantitative estimate of drug-likeness (QED) is 0.734. The second-order valence-electron chi connectivity index (χ2n) is 5.62. The molecule has 1 fully saturated rings. The summed E-state index contributed by atoms with van der Waals surface area (Å²) in [5, 5.41) is 2.68. The first kappa shape index (κ1) is 17.6. The summed E-state index contributed by atoms with van der Waals surface area (Å²) in [6, 6.07) is 3.68. The Hall–Kier alpha value is -1.71. The number of nitrogens with two attached hydrogens (primary N) is 1. The molecule has 1 aliphatic heterocycles. The Balaban J connectivity index is 2.19. The van der Waals surface area contributed by atoms with Gasteiger partial charge in [0.05, 0.1) is 17.4 Å². The van der Waals surface area contributed by atoms with E-state index in [1.54, 1.807) is 0 Å². The maximum Gasteiger partial charge on any atom is 0.232 e. The van der Waals surface area contributed by atoms with Crippen LogP contribution < -0.4 is 15.8 Å². The third-order valence-electron chi connectivity index (χ3n) is 3.84. The van der Waals surface area contributed by atoms with E-state index in [-0.39, 0.29) is 18.1 Å². The highest BCUT2D eigenvalue weighted by Gasteiger charge is 2.38. The molecule has 0 aromatic heterocycles. The molecule has 23 heavy (non-hydrogen) atoms. The molecule has 1 saturated heterocycles. The van der Waals surface area contributed by atoms with Gasteiger partial charge >= 0.3 is 0 Å². The second kappa shape index (κ2) is 6.81. The zero-order chi connectivity index (χ0) is 17.1. The average molecular weight is 345 g/mol. The van der Waals surface area contributed by atoms with Gasteiger partial charge in [0.2, 0.25) is 15.9 Å². The fourth-order valence-corrected chi connectivity index (χ4v) is 2.99. The van der Waals surface area contributed by atoms with Crippen molar-refractivity contribution in [2.45, 2.75) is 12.8 Å². The highest BCUT2D eigenvalue weighted by Crippen LogP contribution is 2.31. The molecule has 1 amide bonds. The van der Waals surface area contributed by atoms with Crippen molar-refractivity contribution < 1.29 is 22.3 Å². The van der Waals surface area contributed by atoms with Gasteiger partial charge in [-0.3, -0.25) is 9.52 Å². The van der Waals surface area contributed by atoms with E-state index in [1.807, 2.05) is 0 Å². The van der Waals surface area contributed by atoms with Crippen LogP contribution >= 0.6 is 0 Å². The minimum absolute atomic E-state index is 0.178. The summed E-state index contributed by atoms with van der Waals surface area (Å²) < 4.78 is 43.5. The van der Waals surface area contributed by atoms with E-state index < -0.39 is 21.3 Å². The van der Waals surface area contributed by atoms with Crippen LogP contribution in [0.3, 0.4) is 0 Å². The van der Waals surface area contributed by atoms with Gasteiger partial charge < -0.3 is 15.8 Å². The Morgan fingerprint density at radius 3 is 2.61 bits per heavy atom. The third-order valence-corrected chi connectivity index (χ3v) is 4.43. The van der Waals surface area contributed by atoms with Crippen molar-refractivity contribution in [3.8, 4) is 0 Å². The number of halogens is 1. The first-order valence-corrected chi connectivity index (χ1v) is 9.01. The highest BCUT2D eigenvalue weighted by atomic mass is 32.2. The van der Waals surface area contributed by atoms with Crippen molar-refractivity contribution in [1.82, 2.24) is 0 Å². The van der Waals surface area contributed by atoms with Crippen molar-refractivity contribution in [2.75, 3.05) is 36.1 Å². The second-order valence-corrected chi connectivity index (χ2v) is 7.37. The first-order valence-electron chi connectivity index (χ1n) is 7.12. The standard InChI is InChI=1S/C14H20FN3O4S/c1-23(20,21)18-12-8-10(2-3-11(12)15)17-13(19)14(9-16)4-6-22-7-5-14/h2-3,8,18H,4-7,9,16H2,1H3,(H,17,19). The van der Waals surface area contributed by atoms with E-state index >= 15 is 0 Å². The molecule has 1 aliphatic rings. The third kappa shape index (κ3) is 4.40. The minimum Gasteiger partial charge on any atom is -0.381 e. The molecule has 0 unspecified atom stereocenters. The molecule has 2 rings (SSSR count). The molecule has 0 bridgehead atoms. The van der Waals surface area contributed by atoms with Gasteiger partial charge in [-0.05, 0) is 31.0 Å². The zero-order valence-electron chi connectivity index (χ0n) is 12.8. The molecule has 0 saturated carbocycles. The van der Waals surface area contributed by atoms with Crippen LogP contribution in [0, 0.1) is 11.2 Å². The van der Waals surface area contributed by atoms with E-state index in [0.29, 0.717) is 31.7 Å². The Kier molecular flexibility index (Phi) is 5.23. The zero-order valence-corrected chi connectivity index (χ0v) is 13.6. The molecule has 1 heterocycles. The summed E-state index contributed by atoms with van der Waals surface area (Å²) in [6.45, 7) is 1.08. The molecule has 7 nitrogen and oxygen atoms in total. The number of carbonyl (C=O) groups excluding carboxylic acids is 1. The van der Waals surface area contributed by atoms with E-state index in [9.17, 15) is 17.6 Å². The molecule has 128 valence electrons. The van der Waals surface area contributed by atoms with E-state index in [1.165, 1.54) is 12.1 Å². The lowest BCUT2D eigenvalue weighted by molar-refractivity contribution is -0.130. The molecule has 1 aromatic carbocycles. The number of hydrogen-bond donors (Lipinski definition) is 3. The number of carbonyl (C=O) groups is 1. The number of rotatable bonds is 5. The fraction of sp³-hybridized carbons (Fsp3) is 0.500. The molecule has 0 spiro atoms. The van der Waals surface area contributed by atoms with Gasteiger partial charge in [-0.2, -0.15) is 0 Å². The Bertz CT molecular complexity index is 687. The van der Waals surface area contributed by atoms with Gasteiger partial charge in [-0.25, -0.2) is 12.8 Å². The average Bonchev–Trinajstić information content (AvgIpc) is 2.50. The summed E-state index contributed by atoms with van der Waals surface area (Å²) in [5.74, 6) is -1.01. The predicted molar refractivity (Wildman–Crippen MR) is 85.0 cm³/mol. The number of amides is 1. The number of nitrogens with one attached hydrogen (secondary N) is 2. The minimum atomic E-state index is -3.62. The normalized spacial score (nSPS) is 17.5. The van der Waals surface area contributed by atoms with Crippen LogP contribution in [0.15, 0.2) is 18.2 Å². The molecule has 4 N–H and O–H groups in total. The monoisotopic (exact) mass is 345 g/mol. The van der Waals surface area contributed by atoms with Crippen LogP contribution in [-0.4, -0.2) is 40.3 Å². The number of benzene rings is 1. The topological polar surface area (TPSA) is 111 Å². The van der Waals surface area contributed by atoms with Gasteiger partial charge in [-0.1, -0.05) is 0 Å². The first-order chi connectivity index (χ1) is 10.8. The smallest absolute Gasteiger partial charge is 0.232 e. The number of anilines is 2. The molecule has 1 aromatic rings. The van der Waals surface area contributed by atoms with E-state index in [0.717, 1.165) is 12.3 Å². The lowest BCUT2D eigenvalue weighted by Crippen LogP contribution is -2.46. The van der Waals surface area contributed by atoms with Gasteiger partial charge in [0.15, 0.2) is 0 Å². The Labute approximate surface area is 134 Å². The van der Waals surface area contributed by atoms with Crippen LogP contribution in [0.5, 0.6) is 0 Å². The summed E-state index contributed by atoms with van der Waals surface area (Å²) in [7, 11) is -3.62. The van der Waals surface area contributed by atoms with Crippen LogP contribution in [-0.2, 0) is 19.6 Å². The van der Waals surface area contributed by atoms with Gasteiger partial charge in [0.1, 0.15) is 5.82 Å². The predicted octanol–water partition coefficient (Wildman–Crippen LogP) is 0.891.